The highest BCUT2D eigenvalue weighted by molar-refractivity contribution is 5.90. The van der Waals surface area contributed by atoms with Crippen LogP contribution in [0.5, 0.6) is 0 Å². The van der Waals surface area contributed by atoms with Crippen molar-refractivity contribution in [3.63, 3.8) is 0 Å². The maximum absolute atomic E-state index is 12.9. The van der Waals surface area contributed by atoms with Gasteiger partial charge in [-0.05, 0) is 24.3 Å². The Kier molecular flexibility index (Phi) is 3.74. The van der Waals surface area contributed by atoms with Crippen LogP contribution in [0.2, 0.25) is 0 Å². The summed E-state index contributed by atoms with van der Waals surface area (Å²) in [7, 11) is 3.25. The van der Waals surface area contributed by atoms with Crippen molar-refractivity contribution < 1.29 is 18.7 Å². The van der Waals surface area contributed by atoms with Gasteiger partial charge in [-0.3, -0.25) is 4.79 Å². The lowest BCUT2D eigenvalue weighted by Gasteiger charge is -2.22. The van der Waals surface area contributed by atoms with E-state index in [1.807, 2.05) is 0 Å². The summed E-state index contributed by atoms with van der Waals surface area (Å²) < 4.78 is 18.1. The Balaban J connectivity index is 1.67. The van der Waals surface area contributed by atoms with E-state index < -0.39 is 6.10 Å². The van der Waals surface area contributed by atoms with E-state index in [9.17, 15) is 14.0 Å². The molecule has 1 N–H and O–H groups in total. The minimum Gasteiger partial charge on any atom is -0.371 e. The average Bonchev–Trinajstić information content (AvgIpc) is 3.02. The molecule has 0 aromatic heterocycles. The lowest BCUT2D eigenvalue weighted by Crippen LogP contribution is -2.40. The molecule has 0 bridgehead atoms. The SMILES string of the molecule is CO[C@@H]1C(=O)N(C)[C@@H]2CN(C(=O)Nc3ccc(F)cc3)C[C@H]12. The quantitative estimate of drug-likeness (QED) is 0.891. The summed E-state index contributed by atoms with van der Waals surface area (Å²) in [5.41, 5.74) is 0.538. The first kappa shape index (κ1) is 14.8. The van der Waals surface area contributed by atoms with E-state index in [1.54, 1.807) is 16.8 Å². The molecule has 1 aromatic rings. The van der Waals surface area contributed by atoms with Crippen LogP contribution < -0.4 is 5.32 Å². The van der Waals surface area contributed by atoms with Crippen LogP contribution in [0, 0.1) is 11.7 Å². The summed E-state index contributed by atoms with van der Waals surface area (Å²) in [6, 6.07) is 5.34. The number of methoxy groups -OCH3 is 1. The topological polar surface area (TPSA) is 61.9 Å². The Morgan fingerprint density at radius 2 is 2.00 bits per heavy atom. The van der Waals surface area contributed by atoms with E-state index in [0.29, 0.717) is 18.8 Å². The maximum atomic E-state index is 12.9. The lowest BCUT2D eigenvalue weighted by atomic mass is 10.0. The predicted molar refractivity (Wildman–Crippen MR) is 77.8 cm³/mol. The van der Waals surface area contributed by atoms with Crippen LogP contribution in [0.15, 0.2) is 24.3 Å². The van der Waals surface area contributed by atoms with Crippen LogP contribution in [0.25, 0.3) is 0 Å². The fraction of sp³-hybridized carbons (Fsp3) is 0.467. The molecule has 0 aliphatic carbocycles. The fourth-order valence-electron chi connectivity index (χ4n) is 3.24. The molecular weight excluding hydrogens is 289 g/mol. The molecule has 2 aliphatic rings. The highest BCUT2D eigenvalue weighted by Crippen LogP contribution is 2.33. The third-order valence-corrected chi connectivity index (χ3v) is 4.45. The highest BCUT2D eigenvalue weighted by atomic mass is 19.1. The zero-order valence-corrected chi connectivity index (χ0v) is 12.5. The number of carbonyl (C=O) groups is 2. The molecule has 2 aliphatic heterocycles. The minimum atomic E-state index is -0.487. The van der Waals surface area contributed by atoms with E-state index in [0.717, 1.165) is 0 Å². The Labute approximate surface area is 127 Å². The number of fused-ring (bicyclic) bond motifs is 1. The number of halogens is 1. The van der Waals surface area contributed by atoms with Crippen molar-refractivity contribution in [1.29, 1.82) is 0 Å². The molecule has 7 heteroatoms. The monoisotopic (exact) mass is 307 g/mol. The molecule has 22 heavy (non-hydrogen) atoms. The molecule has 118 valence electrons. The first-order chi connectivity index (χ1) is 10.5. The second-order valence-electron chi connectivity index (χ2n) is 5.68. The van der Waals surface area contributed by atoms with Crippen LogP contribution in [-0.2, 0) is 9.53 Å². The predicted octanol–water partition coefficient (Wildman–Crippen LogP) is 1.15. The van der Waals surface area contributed by atoms with Crippen LogP contribution in [0.3, 0.4) is 0 Å². The number of carbonyl (C=O) groups excluding carboxylic acids is 2. The molecule has 0 spiro atoms. The van der Waals surface area contributed by atoms with E-state index >= 15 is 0 Å². The van der Waals surface area contributed by atoms with Crippen LogP contribution in [0.4, 0.5) is 14.9 Å². The van der Waals surface area contributed by atoms with E-state index in [-0.39, 0.29) is 29.7 Å². The number of likely N-dealkylation sites (tertiary alicyclic amines) is 2. The smallest absolute Gasteiger partial charge is 0.321 e. The molecule has 1 aromatic carbocycles. The average molecular weight is 307 g/mol. The highest BCUT2D eigenvalue weighted by Gasteiger charge is 2.52. The first-order valence-corrected chi connectivity index (χ1v) is 7.12. The van der Waals surface area contributed by atoms with Crippen molar-refractivity contribution in [3.05, 3.63) is 30.1 Å². The van der Waals surface area contributed by atoms with Crippen LogP contribution >= 0.6 is 0 Å². The summed E-state index contributed by atoms with van der Waals surface area (Å²) >= 11 is 0. The second-order valence-corrected chi connectivity index (χ2v) is 5.68. The second kappa shape index (κ2) is 5.57. The summed E-state index contributed by atoms with van der Waals surface area (Å²) in [6.45, 7) is 0.937. The number of benzene rings is 1. The number of hydrogen-bond donors (Lipinski definition) is 1. The van der Waals surface area contributed by atoms with Gasteiger partial charge in [-0.1, -0.05) is 0 Å². The Hall–Kier alpha value is -2.15. The van der Waals surface area contributed by atoms with E-state index in [4.69, 9.17) is 4.74 Å². The maximum Gasteiger partial charge on any atom is 0.321 e. The molecular formula is C15H18FN3O3. The van der Waals surface area contributed by atoms with Crippen molar-refractivity contribution in [2.75, 3.05) is 32.6 Å². The normalized spacial score (nSPS) is 27.2. The molecule has 2 fully saturated rings. The molecule has 0 unspecified atom stereocenters. The molecule has 6 nitrogen and oxygen atoms in total. The van der Waals surface area contributed by atoms with Crippen LogP contribution in [0.1, 0.15) is 0 Å². The summed E-state index contributed by atoms with van der Waals surface area (Å²) in [4.78, 5) is 27.6. The molecule has 0 radical (unpaired) electrons. The van der Waals surface area contributed by atoms with Gasteiger partial charge >= 0.3 is 6.03 Å². The standard InChI is InChI=1S/C15H18FN3O3/c1-18-12-8-19(7-11(12)13(22-2)14(18)20)15(21)17-10-5-3-9(16)4-6-10/h3-6,11-13H,7-8H2,1-2H3,(H,17,21)/t11-,12+,13-/m0/s1. The first-order valence-electron chi connectivity index (χ1n) is 7.12. The largest absolute Gasteiger partial charge is 0.371 e. The molecule has 0 saturated carbocycles. The van der Waals surface area contributed by atoms with Gasteiger partial charge in [-0.15, -0.1) is 0 Å². The molecule has 3 atom stereocenters. The third kappa shape index (κ3) is 2.41. The summed E-state index contributed by atoms with van der Waals surface area (Å²) in [5, 5.41) is 2.74. The molecule has 3 amide bonds. The number of likely N-dealkylation sites (N-methyl/N-ethyl adjacent to an activating group) is 1. The van der Waals surface area contributed by atoms with Crippen molar-refractivity contribution in [1.82, 2.24) is 9.80 Å². The molecule has 2 heterocycles. The zero-order chi connectivity index (χ0) is 15.9. The number of amides is 3. The van der Waals surface area contributed by atoms with Gasteiger partial charge in [-0.25, -0.2) is 9.18 Å². The van der Waals surface area contributed by atoms with Gasteiger partial charge in [0.25, 0.3) is 5.91 Å². The number of nitrogens with zero attached hydrogens (tertiary/aromatic N) is 2. The number of rotatable bonds is 2. The van der Waals surface area contributed by atoms with Gasteiger partial charge in [0, 0.05) is 38.9 Å². The molecule has 3 rings (SSSR count). The van der Waals surface area contributed by atoms with E-state index in [1.165, 1.54) is 31.4 Å². The van der Waals surface area contributed by atoms with Gasteiger partial charge < -0.3 is 19.9 Å². The van der Waals surface area contributed by atoms with Crippen molar-refractivity contribution >= 4 is 17.6 Å². The number of ether oxygens (including phenoxy) is 1. The van der Waals surface area contributed by atoms with E-state index in [2.05, 4.69) is 5.32 Å². The Bertz CT molecular complexity index is 592. The molecule has 2 saturated heterocycles. The Morgan fingerprint density at radius 1 is 1.32 bits per heavy atom. The van der Waals surface area contributed by atoms with Crippen LogP contribution in [-0.4, -0.2) is 61.1 Å². The number of anilines is 1. The zero-order valence-electron chi connectivity index (χ0n) is 12.5. The lowest BCUT2D eigenvalue weighted by molar-refractivity contribution is -0.136. The van der Waals surface area contributed by atoms with Crippen molar-refractivity contribution in [2.45, 2.75) is 12.1 Å². The van der Waals surface area contributed by atoms with Crippen molar-refractivity contribution in [3.8, 4) is 0 Å². The number of urea groups is 1. The van der Waals surface area contributed by atoms with Gasteiger partial charge in [0.05, 0.1) is 6.04 Å². The fourth-order valence-corrected chi connectivity index (χ4v) is 3.24. The Morgan fingerprint density at radius 3 is 2.64 bits per heavy atom. The summed E-state index contributed by atoms with van der Waals surface area (Å²) in [5.74, 6) is -0.394. The van der Waals surface area contributed by atoms with Gasteiger partial charge in [0.2, 0.25) is 0 Å². The summed E-state index contributed by atoms with van der Waals surface area (Å²) in [6.07, 6.45) is -0.487. The number of hydrogen-bond acceptors (Lipinski definition) is 3. The van der Waals surface area contributed by atoms with Gasteiger partial charge in [0.1, 0.15) is 11.9 Å². The van der Waals surface area contributed by atoms with Gasteiger partial charge in [-0.2, -0.15) is 0 Å². The third-order valence-electron chi connectivity index (χ3n) is 4.45. The number of nitrogens with one attached hydrogen (secondary N) is 1. The minimum absolute atomic E-state index is 0.0125. The van der Waals surface area contributed by atoms with Crippen molar-refractivity contribution in [2.24, 2.45) is 5.92 Å². The van der Waals surface area contributed by atoms with Gasteiger partial charge in [0.15, 0.2) is 0 Å².